The first-order chi connectivity index (χ1) is 9.58. The molecule has 1 amide bonds. The van der Waals surface area contributed by atoms with Crippen LogP contribution in [0.3, 0.4) is 0 Å². The van der Waals surface area contributed by atoms with Gasteiger partial charge in [0, 0.05) is 24.0 Å². The van der Waals surface area contributed by atoms with Crippen LogP contribution in [0.25, 0.3) is 0 Å². The Morgan fingerprint density at radius 3 is 2.65 bits per heavy atom. The van der Waals surface area contributed by atoms with Crippen LogP contribution in [-0.2, 0) is 11.3 Å². The normalized spacial score (nSPS) is 12.1. The molecule has 0 saturated carbocycles. The number of carbonyl (C=O) groups excluding carboxylic acids is 1. The highest BCUT2D eigenvalue weighted by atomic mass is 32.1. The third-order valence-electron chi connectivity index (χ3n) is 3.22. The van der Waals surface area contributed by atoms with Crippen molar-refractivity contribution in [1.29, 1.82) is 0 Å². The molecule has 1 atom stereocenters. The van der Waals surface area contributed by atoms with Crippen LogP contribution in [0.4, 0.5) is 0 Å². The van der Waals surface area contributed by atoms with Gasteiger partial charge in [0.15, 0.2) is 0 Å². The Hall–Kier alpha value is -1.88. The summed E-state index contributed by atoms with van der Waals surface area (Å²) in [5.41, 5.74) is 1.98. The maximum Gasteiger partial charge on any atom is 0.307 e. The van der Waals surface area contributed by atoms with Crippen LogP contribution in [0.15, 0.2) is 40.5 Å². The molecule has 0 aliphatic carbocycles. The molecule has 1 heterocycles. The summed E-state index contributed by atoms with van der Waals surface area (Å²) < 4.78 is 1.64. The highest BCUT2D eigenvalue weighted by molar-refractivity contribution is 7.07. The molecule has 4 nitrogen and oxygen atoms in total. The van der Waals surface area contributed by atoms with Gasteiger partial charge in [-0.25, -0.2) is 0 Å². The third kappa shape index (κ3) is 3.57. The van der Waals surface area contributed by atoms with Gasteiger partial charge < -0.3 is 9.88 Å². The van der Waals surface area contributed by atoms with Crippen molar-refractivity contribution in [3.8, 4) is 0 Å². The summed E-state index contributed by atoms with van der Waals surface area (Å²) in [4.78, 5) is 23.5. The number of thiazole rings is 1. The fourth-order valence-corrected chi connectivity index (χ4v) is 2.79. The molecule has 0 fully saturated rings. The average molecular weight is 290 g/mol. The standard InChI is InChI=1S/C15H18N2O2S/c1-11-10-20-15(19)17(11)9-8-14(18)16-12(2)13-6-4-3-5-7-13/h3-7,10,12H,8-9H2,1-2H3,(H,16,18)/t12-/m0/s1. The first-order valence-corrected chi connectivity index (χ1v) is 7.45. The lowest BCUT2D eigenvalue weighted by Gasteiger charge is -2.14. The van der Waals surface area contributed by atoms with Crippen molar-refractivity contribution in [3.05, 3.63) is 56.6 Å². The fraction of sp³-hybridized carbons (Fsp3) is 0.333. The molecular weight excluding hydrogens is 272 g/mol. The number of amides is 1. The minimum absolute atomic E-state index is 0.00796. The minimum Gasteiger partial charge on any atom is -0.350 e. The lowest BCUT2D eigenvalue weighted by Crippen LogP contribution is -2.28. The Labute approximate surface area is 122 Å². The molecule has 1 aromatic heterocycles. The van der Waals surface area contributed by atoms with E-state index >= 15 is 0 Å². The molecule has 0 aliphatic heterocycles. The number of nitrogens with one attached hydrogen (secondary N) is 1. The summed E-state index contributed by atoms with van der Waals surface area (Å²) in [6, 6.07) is 9.79. The summed E-state index contributed by atoms with van der Waals surface area (Å²) in [7, 11) is 0. The SMILES string of the molecule is Cc1csc(=O)n1CCC(=O)N[C@@H](C)c1ccccc1. The van der Waals surface area contributed by atoms with Gasteiger partial charge in [0.25, 0.3) is 0 Å². The second kappa shape index (κ2) is 6.52. The van der Waals surface area contributed by atoms with E-state index in [1.807, 2.05) is 49.6 Å². The van der Waals surface area contributed by atoms with Crippen molar-refractivity contribution in [2.75, 3.05) is 0 Å². The predicted molar refractivity (Wildman–Crippen MR) is 80.9 cm³/mol. The first-order valence-electron chi connectivity index (χ1n) is 6.57. The van der Waals surface area contributed by atoms with E-state index in [1.165, 1.54) is 11.3 Å². The highest BCUT2D eigenvalue weighted by Crippen LogP contribution is 2.11. The van der Waals surface area contributed by atoms with Crippen molar-refractivity contribution in [3.63, 3.8) is 0 Å². The smallest absolute Gasteiger partial charge is 0.307 e. The van der Waals surface area contributed by atoms with Crippen LogP contribution in [0, 0.1) is 6.92 Å². The molecule has 0 bridgehead atoms. The van der Waals surface area contributed by atoms with Gasteiger partial charge in [-0.3, -0.25) is 9.59 Å². The number of rotatable bonds is 5. The van der Waals surface area contributed by atoms with E-state index in [0.717, 1.165) is 11.3 Å². The summed E-state index contributed by atoms with van der Waals surface area (Å²) in [6.07, 6.45) is 0.314. The van der Waals surface area contributed by atoms with Crippen LogP contribution in [-0.4, -0.2) is 10.5 Å². The Morgan fingerprint density at radius 2 is 2.05 bits per heavy atom. The number of nitrogens with zero attached hydrogens (tertiary/aromatic N) is 1. The minimum atomic E-state index is -0.0427. The Balaban J connectivity index is 1.89. The average Bonchev–Trinajstić information content (AvgIpc) is 2.77. The molecule has 0 spiro atoms. The van der Waals surface area contributed by atoms with Crippen molar-refractivity contribution in [2.24, 2.45) is 0 Å². The maximum atomic E-state index is 11.9. The highest BCUT2D eigenvalue weighted by Gasteiger charge is 2.10. The second-order valence-corrected chi connectivity index (χ2v) is 5.57. The Bertz CT molecular complexity index is 631. The molecule has 1 N–H and O–H groups in total. The summed E-state index contributed by atoms with van der Waals surface area (Å²) >= 11 is 1.17. The quantitative estimate of drug-likeness (QED) is 0.919. The monoisotopic (exact) mass is 290 g/mol. The maximum absolute atomic E-state index is 11.9. The van der Waals surface area contributed by atoms with Crippen LogP contribution in [0.5, 0.6) is 0 Å². The number of aromatic nitrogens is 1. The van der Waals surface area contributed by atoms with Crippen molar-refractivity contribution in [2.45, 2.75) is 32.9 Å². The van der Waals surface area contributed by atoms with Gasteiger partial charge >= 0.3 is 4.87 Å². The number of carbonyl (C=O) groups is 1. The van der Waals surface area contributed by atoms with Crippen LogP contribution in [0.2, 0.25) is 0 Å². The van der Waals surface area contributed by atoms with E-state index in [4.69, 9.17) is 0 Å². The Kier molecular flexibility index (Phi) is 4.74. The van der Waals surface area contributed by atoms with Gasteiger partial charge in [-0.1, -0.05) is 41.7 Å². The molecule has 1 aromatic carbocycles. The summed E-state index contributed by atoms with van der Waals surface area (Å²) in [6.45, 7) is 4.26. The largest absolute Gasteiger partial charge is 0.350 e. The molecule has 2 aromatic rings. The molecule has 0 radical (unpaired) electrons. The molecule has 106 valence electrons. The molecule has 20 heavy (non-hydrogen) atoms. The van der Waals surface area contributed by atoms with E-state index in [-0.39, 0.29) is 16.8 Å². The zero-order chi connectivity index (χ0) is 14.5. The molecule has 5 heteroatoms. The molecule has 0 aliphatic rings. The zero-order valence-electron chi connectivity index (χ0n) is 11.6. The number of aryl methyl sites for hydroxylation is 1. The first kappa shape index (κ1) is 14.5. The lowest BCUT2D eigenvalue weighted by atomic mass is 10.1. The number of hydrogen-bond acceptors (Lipinski definition) is 3. The fourth-order valence-electron chi connectivity index (χ4n) is 2.03. The van der Waals surface area contributed by atoms with Gasteiger partial charge in [-0.2, -0.15) is 0 Å². The van der Waals surface area contributed by atoms with Gasteiger partial charge in [0.2, 0.25) is 5.91 Å². The van der Waals surface area contributed by atoms with E-state index in [0.29, 0.717) is 13.0 Å². The van der Waals surface area contributed by atoms with E-state index in [9.17, 15) is 9.59 Å². The van der Waals surface area contributed by atoms with Crippen LogP contribution in [0.1, 0.15) is 30.6 Å². The summed E-state index contributed by atoms with van der Waals surface area (Å²) in [5.74, 6) is -0.0427. The van der Waals surface area contributed by atoms with Gasteiger partial charge in [0.1, 0.15) is 0 Å². The molecular formula is C15H18N2O2S. The van der Waals surface area contributed by atoms with Crippen molar-refractivity contribution < 1.29 is 4.79 Å². The van der Waals surface area contributed by atoms with E-state index in [2.05, 4.69) is 5.32 Å². The van der Waals surface area contributed by atoms with E-state index < -0.39 is 0 Å². The van der Waals surface area contributed by atoms with Gasteiger partial charge in [0.05, 0.1) is 6.04 Å². The second-order valence-electron chi connectivity index (χ2n) is 4.74. The number of hydrogen-bond donors (Lipinski definition) is 1. The third-order valence-corrected chi connectivity index (χ3v) is 4.10. The zero-order valence-corrected chi connectivity index (χ0v) is 12.4. The topological polar surface area (TPSA) is 51.1 Å². The van der Waals surface area contributed by atoms with Crippen LogP contribution >= 0.6 is 11.3 Å². The van der Waals surface area contributed by atoms with Crippen molar-refractivity contribution >= 4 is 17.2 Å². The predicted octanol–water partition coefficient (Wildman–Crippen LogP) is 2.49. The number of benzene rings is 1. The lowest BCUT2D eigenvalue weighted by molar-refractivity contribution is -0.121. The van der Waals surface area contributed by atoms with E-state index in [1.54, 1.807) is 4.57 Å². The molecule has 0 saturated heterocycles. The summed E-state index contributed by atoms with van der Waals surface area (Å²) in [5, 5.41) is 4.76. The molecule has 2 rings (SSSR count). The Morgan fingerprint density at radius 1 is 1.35 bits per heavy atom. The molecule has 0 unspecified atom stereocenters. The van der Waals surface area contributed by atoms with Crippen LogP contribution < -0.4 is 10.2 Å². The van der Waals surface area contributed by atoms with Gasteiger partial charge in [-0.15, -0.1) is 0 Å². The van der Waals surface area contributed by atoms with Gasteiger partial charge in [-0.05, 0) is 19.4 Å². The van der Waals surface area contributed by atoms with Crippen molar-refractivity contribution in [1.82, 2.24) is 9.88 Å².